The Labute approximate surface area is 93.9 Å². The van der Waals surface area contributed by atoms with E-state index in [4.69, 9.17) is 4.74 Å². The lowest BCUT2D eigenvalue weighted by Gasteiger charge is -2.05. The van der Waals surface area contributed by atoms with Gasteiger partial charge in [-0.2, -0.15) is 0 Å². The average molecular weight is 275 g/mol. The van der Waals surface area contributed by atoms with Crippen molar-refractivity contribution in [3.63, 3.8) is 0 Å². The molecular formula is C9H7BrO3S. The number of carbonyl (C=O) groups excluding carboxylic acids is 1. The first-order chi connectivity index (χ1) is 6.74. The molecule has 1 saturated heterocycles. The second-order valence-corrected chi connectivity index (χ2v) is 4.83. The topological polar surface area (TPSA) is 35.5 Å². The molecule has 5 heteroatoms. The van der Waals surface area contributed by atoms with Gasteiger partial charge in [-0.15, -0.1) is 0 Å². The molecule has 1 aliphatic heterocycles. The van der Waals surface area contributed by atoms with Crippen molar-refractivity contribution in [3.05, 3.63) is 28.7 Å². The fourth-order valence-electron chi connectivity index (χ4n) is 1.03. The van der Waals surface area contributed by atoms with Gasteiger partial charge < -0.3 is 9.47 Å². The number of ether oxygens (including phenoxy) is 2. The first kappa shape index (κ1) is 9.86. The zero-order chi connectivity index (χ0) is 9.97. The molecule has 1 heterocycles. The maximum atomic E-state index is 10.6. The highest BCUT2D eigenvalue weighted by Crippen LogP contribution is 2.28. The van der Waals surface area contributed by atoms with Crippen LogP contribution in [-0.2, 0) is 9.47 Å². The van der Waals surface area contributed by atoms with Crippen molar-refractivity contribution in [2.45, 2.75) is 10.3 Å². The summed E-state index contributed by atoms with van der Waals surface area (Å²) in [5.41, 5.74) is -0.219. The molecule has 0 amide bonds. The molecular weight excluding hydrogens is 268 g/mol. The van der Waals surface area contributed by atoms with Crippen LogP contribution in [-0.4, -0.2) is 18.2 Å². The molecule has 1 aromatic rings. The van der Waals surface area contributed by atoms with Crippen LogP contribution in [0.1, 0.15) is 0 Å². The van der Waals surface area contributed by atoms with Gasteiger partial charge in [0.2, 0.25) is 0 Å². The van der Waals surface area contributed by atoms with Crippen LogP contribution < -0.4 is 0 Å². The van der Waals surface area contributed by atoms with Gasteiger partial charge in [-0.1, -0.05) is 27.7 Å². The summed E-state index contributed by atoms with van der Waals surface area (Å²) in [5.74, 6) is 0. The summed E-state index contributed by atoms with van der Waals surface area (Å²) in [7, 11) is 0. The molecule has 74 valence electrons. The summed E-state index contributed by atoms with van der Waals surface area (Å²) in [6.07, 6.45) is -0.584. The predicted octanol–water partition coefficient (Wildman–Crippen LogP) is 3.03. The number of hydrogen-bond donors (Lipinski definition) is 0. The summed E-state index contributed by atoms with van der Waals surface area (Å²) in [4.78, 5) is 11.7. The van der Waals surface area contributed by atoms with E-state index in [0.29, 0.717) is 6.61 Å². The smallest absolute Gasteiger partial charge is 0.429 e. The number of rotatable bonds is 2. The van der Waals surface area contributed by atoms with E-state index in [1.807, 2.05) is 24.3 Å². The van der Waals surface area contributed by atoms with Crippen molar-refractivity contribution in [1.29, 1.82) is 0 Å². The molecule has 0 aliphatic carbocycles. The van der Waals surface area contributed by atoms with Crippen molar-refractivity contribution in [3.8, 4) is 0 Å². The van der Waals surface area contributed by atoms with Gasteiger partial charge in [0.1, 0.15) is 6.61 Å². The van der Waals surface area contributed by atoms with Crippen LogP contribution in [0, 0.1) is 0 Å². The zero-order valence-electron chi connectivity index (χ0n) is 7.10. The molecule has 1 fully saturated rings. The Balaban J connectivity index is 1.97. The highest BCUT2D eigenvalue weighted by atomic mass is 79.9. The standard InChI is InChI=1S/C9H7BrO3S/c10-6-1-3-7(4-2-6)14-8-5-12-9(11)13-8/h1-4,8H,5H2. The van der Waals surface area contributed by atoms with Crippen molar-refractivity contribution in [2.24, 2.45) is 0 Å². The Morgan fingerprint density at radius 2 is 2.07 bits per heavy atom. The molecule has 0 bridgehead atoms. The summed E-state index contributed by atoms with van der Waals surface area (Å²) >= 11 is 4.82. The zero-order valence-corrected chi connectivity index (χ0v) is 9.51. The molecule has 1 unspecified atom stereocenters. The van der Waals surface area contributed by atoms with Gasteiger partial charge in [0, 0.05) is 9.37 Å². The van der Waals surface area contributed by atoms with Gasteiger partial charge in [0.05, 0.1) is 0 Å². The molecule has 1 aromatic carbocycles. The minimum Gasteiger partial charge on any atom is -0.429 e. The van der Waals surface area contributed by atoms with Gasteiger partial charge in [-0.3, -0.25) is 0 Å². The van der Waals surface area contributed by atoms with E-state index in [0.717, 1.165) is 9.37 Å². The fourth-order valence-corrected chi connectivity index (χ4v) is 2.16. The quantitative estimate of drug-likeness (QED) is 0.777. The van der Waals surface area contributed by atoms with Crippen LogP contribution in [0.4, 0.5) is 4.79 Å². The van der Waals surface area contributed by atoms with E-state index >= 15 is 0 Å². The monoisotopic (exact) mass is 274 g/mol. The summed E-state index contributed by atoms with van der Waals surface area (Å²) < 4.78 is 10.6. The van der Waals surface area contributed by atoms with Gasteiger partial charge in [-0.25, -0.2) is 4.79 Å². The number of thioether (sulfide) groups is 1. The van der Waals surface area contributed by atoms with E-state index < -0.39 is 6.16 Å². The van der Waals surface area contributed by atoms with Crippen LogP contribution in [0.2, 0.25) is 0 Å². The third-order valence-electron chi connectivity index (χ3n) is 1.65. The Kier molecular flexibility index (Phi) is 2.98. The average Bonchev–Trinajstić information content (AvgIpc) is 2.56. The van der Waals surface area contributed by atoms with Crippen molar-refractivity contribution < 1.29 is 14.3 Å². The molecule has 0 spiro atoms. The van der Waals surface area contributed by atoms with Crippen molar-refractivity contribution in [1.82, 2.24) is 0 Å². The maximum Gasteiger partial charge on any atom is 0.509 e. The van der Waals surface area contributed by atoms with Crippen LogP contribution in [0.15, 0.2) is 33.6 Å². The van der Waals surface area contributed by atoms with Gasteiger partial charge in [0.25, 0.3) is 0 Å². The minimum absolute atomic E-state index is 0.219. The maximum absolute atomic E-state index is 10.6. The molecule has 3 nitrogen and oxygen atoms in total. The normalized spacial score (nSPS) is 20.4. The number of hydrogen-bond acceptors (Lipinski definition) is 4. The number of cyclic esters (lactones) is 2. The predicted molar refractivity (Wildman–Crippen MR) is 56.2 cm³/mol. The molecule has 0 radical (unpaired) electrons. The molecule has 1 aliphatic rings. The second kappa shape index (κ2) is 4.23. The first-order valence-electron chi connectivity index (χ1n) is 4.00. The molecule has 0 aromatic heterocycles. The number of carbonyl (C=O) groups is 1. The largest absolute Gasteiger partial charge is 0.509 e. The fraction of sp³-hybridized carbons (Fsp3) is 0.222. The SMILES string of the molecule is O=C1OCC(Sc2ccc(Br)cc2)O1. The third-order valence-corrected chi connectivity index (χ3v) is 3.21. The summed E-state index contributed by atoms with van der Waals surface area (Å²) in [6, 6.07) is 7.81. The Morgan fingerprint density at radius 3 is 2.64 bits per heavy atom. The van der Waals surface area contributed by atoms with E-state index in [2.05, 4.69) is 20.7 Å². The van der Waals surface area contributed by atoms with E-state index in [1.165, 1.54) is 11.8 Å². The van der Waals surface area contributed by atoms with Crippen molar-refractivity contribution >= 4 is 33.8 Å². The lowest BCUT2D eigenvalue weighted by atomic mass is 10.4. The van der Waals surface area contributed by atoms with Crippen LogP contribution in [0.5, 0.6) is 0 Å². The van der Waals surface area contributed by atoms with Crippen LogP contribution in [0.3, 0.4) is 0 Å². The number of benzene rings is 1. The van der Waals surface area contributed by atoms with E-state index in [9.17, 15) is 4.79 Å². The summed E-state index contributed by atoms with van der Waals surface area (Å²) in [6.45, 7) is 0.319. The molecule has 0 N–H and O–H groups in total. The third kappa shape index (κ3) is 2.42. The van der Waals surface area contributed by atoms with Gasteiger partial charge in [0.15, 0.2) is 5.44 Å². The van der Waals surface area contributed by atoms with Crippen LogP contribution in [0.25, 0.3) is 0 Å². The van der Waals surface area contributed by atoms with E-state index in [-0.39, 0.29) is 5.44 Å². The summed E-state index contributed by atoms with van der Waals surface area (Å²) in [5, 5.41) is 0. The van der Waals surface area contributed by atoms with Gasteiger partial charge >= 0.3 is 6.16 Å². The molecule has 0 saturated carbocycles. The first-order valence-corrected chi connectivity index (χ1v) is 5.67. The second-order valence-electron chi connectivity index (χ2n) is 2.68. The lowest BCUT2D eigenvalue weighted by Crippen LogP contribution is -2.03. The minimum atomic E-state index is -0.584. The number of halogens is 1. The van der Waals surface area contributed by atoms with Crippen LogP contribution >= 0.6 is 27.7 Å². The Bertz CT molecular complexity index is 338. The highest BCUT2D eigenvalue weighted by Gasteiger charge is 2.25. The molecule has 2 rings (SSSR count). The molecule has 1 atom stereocenters. The highest BCUT2D eigenvalue weighted by molar-refractivity contribution is 9.10. The van der Waals surface area contributed by atoms with Crippen molar-refractivity contribution in [2.75, 3.05) is 6.61 Å². The van der Waals surface area contributed by atoms with Gasteiger partial charge in [-0.05, 0) is 24.3 Å². The Hall–Kier alpha value is -0.680. The Morgan fingerprint density at radius 1 is 1.36 bits per heavy atom. The molecule has 14 heavy (non-hydrogen) atoms. The lowest BCUT2D eigenvalue weighted by molar-refractivity contribution is 0.129. The van der Waals surface area contributed by atoms with E-state index in [1.54, 1.807) is 0 Å².